The maximum absolute atomic E-state index is 4.66. The highest BCUT2D eigenvalue weighted by Gasteiger charge is 2.21. The van der Waals surface area contributed by atoms with Gasteiger partial charge in [-0.1, -0.05) is 24.3 Å². The van der Waals surface area contributed by atoms with Gasteiger partial charge in [0.15, 0.2) is 4.96 Å². The van der Waals surface area contributed by atoms with Crippen LogP contribution in [0.3, 0.4) is 0 Å². The Morgan fingerprint density at radius 3 is 2.67 bits per heavy atom. The van der Waals surface area contributed by atoms with Crippen LogP contribution < -0.4 is 5.32 Å². The minimum atomic E-state index is 0.547. The van der Waals surface area contributed by atoms with Crippen molar-refractivity contribution < 1.29 is 0 Å². The third-order valence-corrected chi connectivity index (χ3v) is 5.38. The number of rotatable bonds is 3. The van der Waals surface area contributed by atoms with Gasteiger partial charge in [0.25, 0.3) is 0 Å². The lowest BCUT2D eigenvalue weighted by molar-refractivity contribution is 0.525. The number of hydrogen-bond acceptors (Lipinski definition) is 3. The molecule has 2 heterocycles. The molecule has 0 fully saturated rings. The van der Waals surface area contributed by atoms with Crippen LogP contribution in [-0.2, 0) is 19.4 Å². The summed E-state index contributed by atoms with van der Waals surface area (Å²) >= 11 is 1.72. The Balaban J connectivity index is 1.52. The van der Waals surface area contributed by atoms with E-state index in [1.165, 1.54) is 22.5 Å². The number of benzene rings is 1. The van der Waals surface area contributed by atoms with Crippen molar-refractivity contribution in [1.29, 1.82) is 0 Å². The second kappa shape index (κ2) is 4.97. The molecule has 0 unspecified atom stereocenters. The Morgan fingerprint density at radius 1 is 1.24 bits per heavy atom. The van der Waals surface area contributed by atoms with Gasteiger partial charge in [-0.05, 0) is 37.8 Å². The summed E-state index contributed by atoms with van der Waals surface area (Å²) in [6.07, 6.45) is 2.28. The highest BCUT2D eigenvalue weighted by atomic mass is 32.1. The molecule has 108 valence electrons. The van der Waals surface area contributed by atoms with Crippen LogP contribution in [0.1, 0.15) is 28.2 Å². The maximum atomic E-state index is 4.66. The highest BCUT2D eigenvalue weighted by molar-refractivity contribution is 7.15. The van der Waals surface area contributed by atoms with Gasteiger partial charge in [-0.25, -0.2) is 4.98 Å². The molecule has 1 aromatic carbocycles. The molecule has 0 amide bonds. The van der Waals surface area contributed by atoms with E-state index in [1.807, 2.05) is 0 Å². The summed E-state index contributed by atoms with van der Waals surface area (Å²) < 4.78 is 2.29. The molecule has 0 radical (unpaired) electrons. The van der Waals surface area contributed by atoms with E-state index in [9.17, 15) is 0 Å². The topological polar surface area (TPSA) is 29.3 Å². The molecular weight excluding hydrogens is 278 g/mol. The summed E-state index contributed by atoms with van der Waals surface area (Å²) in [7, 11) is 0. The van der Waals surface area contributed by atoms with E-state index in [-0.39, 0.29) is 0 Å². The lowest BCUT2D eigenvalue weighted by Crippen LogP contribution is -2.29. The number of nitrogens with one attached hydrogen (secondary N) is 1. The third kappa shape index (κ3) is 2.19. The van der Waals surface area contributed by atoms with Crippen LogP contribution >= 0.6 is 11.3 Å². The van der Waals surface area contributed by atoms with Crippen molar-refractivity contribution in [2.24, 2.45) is 0 Å². The number of thiazole rings is 1. The average Bonchev–Trinajstić information content (AvgIpc) is 3.12. The quantitative estimate of drug-likeness (QED) is 0.804. The lowest BCUT2D eigenvalue weighted by Gasteiger charge is -2.12. The minimum absolute atomic E-state index is 0.547. The van der Waals surface area contributed by atoms with E-state index in [2.05, 4.69) is 58.2 Å². The van der Waals surface area contributed by atoms with E-state index in [1.54, 1.807) is 11.3 Å². The fourth-order valence-corrected chi connectivity index (χ4v) is 4.25. The number of nitrogens with zero attached hydrogens (tertiary/aromatic N) is 2. The zero-order chi connectivity index (χ0) is 14.4. The Labute approximate surface area is 128 Å². The van der Waals surface area contributed by atoms with Gasteiger partial charge < -0.3 is 5.32 Å². The van der Waals surface area contributed by atoms with Crippen LogP contribution in [0.4, 0.5) is 0 Å². The molecule has 2 aromatic heterocycles. The molecule has 1 N–H and O–H groups in total. The first-order valence-electron chi connectivity index (χ1n) is 7.44. The zero-order valence-electron chi connectivity index (χ0n) is 12.4. The van der Waals surface area contributed by atoms with Crippen LogP contribution in [0.15, 0.2) is 29.6 Å². The molecule has 0 aliphatic heterocycles. The molecule has 0 atom stereocenters. The smallest absolute Gasteiger partial charge is 0.194 e. The van der Waals surface area contributed by atoms with Crippen LogP contribution in [0, 0.1) is 13.8 Å². The summed E-state index contributed by atoms with van der Waals surface area (Å²) in [5, 5.41) is 5.90. The van der Waals surface area contributed by atoms with E-state index in [0.29, 0.717) is 6.04 Å². The summed E-state index contributed by atoms with van der Waals surface area (Å²) in [4.78, 5) is 5.77. The first-order chi connectivity index (χ1) is 10.2. The molecule has 0 saturated heterocycles. The Morgan fingerprint density at radius 2 is 1.95 bits per heavy atom. The van der Waals surface area contributed by atoms with Gasteiger partial charge in [0.1, 0.15) is 0 Å². The molecule has 3 nitrogen and oxygen atoms in total. The second-order valence-electron chi connectivity index (χ2n) is 5.89. The molecule has 1 aliphatic rings. The monoisotopic (exact) mass is 297 g/mol. The molecule has 1 aliphatic carbocycles. The molecule has 0 spiro atoms. The predicted molar refractivity (Wildman–Crippen MR) is 87.0 cm³/mol. The largest absolute Gasteiger partial charge is 0.308 e. The number of imidazole rings is 1. The SMILES string of the molecule is Cc1nc2scc(C)n2c1CNC1Cc2ccccc2C1. The number of aromatic nitrogens is 2. The van der Waals surface area contributed by atoms with Gasteiger partial charge >= 0.3 is 0 Å². The third-order valence-electron chi connectivity index (χ3n) is 4.44. The maximum Gasteiger partial charge on any atom is 0.194 e. The van der Waals surface area contributed by atoms with Crippen molar-refractivity contribution in [3.8, 4) is 0 Å². The molecule has 0 bridgehead atoms. The summed E-state index contributed by atoms with van der Waals surface area (Å²) in [5.41, 5.74) is 6.73. The minimum Gasteiger partial charge on any atom is -0.308 e. The van der Waals surface area contributed by atoms with Gasteiger partial charge in [-0.3, -0.25) is 4.40 Å². The van der Waals surface area contributed by atoms with E-state index >= 15 is 0 Å². The van der Waals surface area contributed by atoms with Crippen molar-refractivity contribution in [3.05, 3.63) is 57.9 Å². The van der Waals surface area contributed by atoms with Crippen molar-refractivity contribution in [2.45, 2.75) is 39.3 Å². The number of fused-ring (bicyclic) bond motifs is 2. The fourth-order valence-electron chi connectivity index (χ4n) is 3.32. The Kier molecular flexibility index (Phi) is 3.08. The van der Waals surface area contributed by atoms with Crippen molar-refractivity contribution in [3.63, 3.8) is 0 Å². The summed E-state index contributed by atoms with van der Waals surface area (Å²) in [6, 6.07) is 9.33. The van der Waals surface area contributed by atoms with Crippen molar-refractivity contribution in [1.82, 2.24) is 14.7 Å². The van der Waals surface area contributed by atoms with Gasteiger partial charge in [-0.2, -0.15) is 0 Å². The van der Waals surface area contributed by atoms with Gasteiger partial charge in [0.2, 0.25) is 0 Å². The van der Waals surface area contributed by atoms with Gasteiger partial charge in [-0.15, -0.1) is 11.3 Å². The van der Waals surface area contributed by atoms with E-state index in [0.717, 1.165) is 30.0 Å². The number of hydrogen-bond donors (Lipinski definition) is 1. The first kappa shape index (κ1) is 13.0. The molecule has 21 heavy (non-hydrogen) atoms. The molecule has 3 aromatic rings. The first-order valence-corrected chi connectivity index (χ1v) is 8.32. The average molecular weight is 297 g/mol. The fraction of sp³-hybridized carbons (Fsp3) is 0.353. The zero-order valence-corrected chi connectivity index (χ0v) is 13.2. The molecule has 4 heteroatoms. The number of aryl methyl sites for hydroxylation is 2. The molecule has 4 rings (SSSR count). The lowest BCUT2D eigenvalue weighted by atomic mass is 10.1. The van der Waals surface area contributed by atoms with Crippen molar-refractivity contribution in [2.75, 3.05) is 0 Å². The van der Waals surface area contributed by atoms with E-state index in [4.69, 9.17) is 0 Å². The van der Waals surface area contributed by atoms with Gasteiger partial charge in [0.05, 0.1) is 11.4 Å². The Hall–Kier alpha value is -1.65. The van der Waals surface area contributed by atoms with Crippen LogP contribution in [0.5, 0.6) is 0 Å². The predicted octanol–water partition coefficient (Wildman–Crippen LogP) is 3.27. The van der Waals surface area contributed by atoms with Crippen molar-refractivity contribution >= 4 is 16.3 Å². The summed E-state index contributed by atoms with van der Waals surface area (Å²) in [6.45, 7) is 5.16. The van der Waals surface area contributed by atoms with Crippen LogP contribution in [-0.4, -0.2) is 15.4 Å². The molecular formula is C17H19N3S. The molecule has 0 saturated carbocycles. The Bertz CT molecular complexity index is 775. The van der Waals surface area contributed by atoms with Crippen LogP contribution in [0.25, 0.3) is 4.96 Å². The standard InChI is InChI=1S/C17H19N3S/c1-11-10-21-17-19-12(2)16(20(11)17)9-18-15-7-13-5-3-4-6-14(13)8-15/h3-6,10,15,18H,7-9H2,1-2H3. The normalized spacial score (nSPS) is 15.0. The van der Waals surface area contributed by atoms with E-state index < -0.39 is 0 Å². The summed E-state index contributed by atoms with van der Waals surface area (Å²) in [5.74, 6) is 0. The van der Waals surface area contributed by atoms with Crippen LogP contribution in [0.2, 0.25) is 0 Å². The highest BCUT2D eigenvalue weighted by Crippen LogP contribution is 2.23. The van der Waals surface area contributed by atoms with Gasteiger partial charge in [0, 0.05) is 23.7 Å². The second-order valence-corrected chi connectivity index (χ2v) is 6.73.